The molecule has 0 bridgehead atoms. The van der Waals surface area contributed by atoms with Crippen LogP contribution < -0.4 is 5.32 Å². The molecule has 1 nitrogen and oxygen atoms in total. The van der Waals surface area contributed by atoms with Gasteiger partial charge in [-0.25, -0.2) is 4.39 Å². The van der Waals surface area contributed by atoms with Crippen LogP contribution in [-0.4, -0.2) is 13.6 Å². The second-order valence-electron chi connectivity index (χ2n) is 5.78. The molecule has 0 aliphatic rings. The first-order valence-corrected chi connectivity index (χ1v) is 6.93. The average molecular weight is 251 g/mol. The van der Waals surface area contributed by atoms with Crippen molar-refractivity contribution < 1.29 is 4.39 Å². The van der Waals surface area contributed by atoms with Gasteiger partial charge in [-0.2, -0.15) is 0 Å². The van der Waals surface area contributed by atoms with Crippen molar-refractivity contribution in [2.45, 2.75) is 39.5 Å². The van der Waals surface area contributed by atoms with E-state index in [2.05, 4.69) is 26.1 Å². The summed E-state index contributed by atoms with van der Waals surface area (Å²) in [5, 5.41) is 3.25. The third-order valence-corrected chi connectivity index (χ3v) is 3.35. The van der Waals surface area contributed by atoms with Gasteiger partial charge in [0, 0.05) is 6.54 Å². The Morgan fingerprint density at radius 3 is 2.17 bits per heavy atom. The van der Waals surface area contributed by atoms with E-state index in [1.54, 1.807) is 12.1 Å². The maximum Gasteiger partial charge on any atom is 0.123 e. The lowest BCUT2D eigenvalue weighted by Gasteiger charge is -2.22. The number of hydrogen-bond donors (Lipinski definition) is 1. The summed E-state index contributed by atoms with van der Waals surface area (Å²) in [5.41, 5.74) is 1.24. The summed E-state index contributed by atoms with van der Waals surface area (Å²) < 4.78 is 13.0. The molecule has 0 fully saturated rings. The van der Waals surface area contributed by atoms with Crippen molar-refractivity contribution in [1.82, 2.24) is 5.32 Å². The minimum atomic E-state index is -0.155. The van der Waals surface area contributed by atoms with Crippen molar-refractivity contribution in [2.75, 3.05) is 13.6 Å². The molecule has 2 atom stereocenters. The topological polar surface area (TPSA) is 12.0 Å². The molecule has 0 saturated carbocycles. The molecular formula is C16H26FN. The second-order valence-corrected chi connectivity index (χ2v) is 5.78. The molecule has 0 amide bonds. The summed E-state index contributed by atoms with van der Waals surface area (Å²) in [7, 11) is 1.98. The summed E-state index contributed by atoms with van der Waals surface area (Å²) in [6.07, 6.45) is 2.41. The Balaban J connectivity index is 2.67. The predicted molar refractivity (Wildman–Crippen MR) is 76.3 cm³/mol. The fraction of sp³-hybridized carbons (Fsp3) is 0.625. The Hall–Kier alpha value is -0.890. The van der Waals surface area contributed by atoms with E-state index in [-0.39, 0.29) is 5.82 Å². The molecule has 102 valence electrons. The first-order chi connectivity index (χ1) is 8.52. The number of rotatable bonds is 7. The van der Waals surface area contributed by atoms with Crippen LogP contribution in [0.25, 0.3) is 0 Å². The molecule has 1 aromatic carbocycles. The molecule has 0 aliphatic carbocycles. The lowest BCUT2D eigenvalue weighted by atomic mass is 9.85. The molecule has 0 spiro atoms. The van der Waals surface area contributed by atoms with Crippen molar-refractivity contribution in [1.29, 1.82) is 0 Å². The van der Waals surface area contributed by atoms with Gasteiger partial charge in [0.15, 0.2) is 0 Å². The van der Waals surface area contributed by atoms with E-state index in [1.165, 1.54) is 12.0 Å². The Morgan fingerprint density at radius 2 is 1.67 bits per heavy atom. The molecule has 1 aromatic rings. The molecule has 2 heteroatoms. The lowest BCUT2D eigenvalue weighted by Crippen LogP contribution is -2.19. The van der Waals surface area contributed by atoms with Gasteiger partial charge in [0.2, 0.25) is 0 Å². The van der Waals surface area contributed by atoms with Gasteiger partial charge in [-0.3, -0.25) is 0 Å². The number of benzene rings is 1. The van der Waals surface area contributed by atoms with E-state index in [0.717, 1.165) is 18.9 Å². The third-order valence-electron chi connectivity index (χ3n) is 3.35. The van der Waals surface area contributed by atoms with E-state index >= 15 is 0 Å². The summed E-state index contributed by atoms with van der Waals surface area (Å²) in [6, 6.07) is 6.95. The molecule has 0 heterocycles. The molecule has 18 heavy (non-hydrogen) atoms. The number of nitrogens with one attached hydrogen (secondary N) is 1. The smallest absolute Gasteiger partial charge is 0.123 e. The zero-order valence-electron chi connectivity index (χ0n) is 12.0. The maximum absolute atomic E-state index is 13.0. The van der Waals surface area contributed by atoms with E-state index in [1.807, 2.05) is 19.2 Å². The molecule has 0 radical (unpaired) electrons. The molecule has 1 N–H and O–H groups in total. The first-order valence-electron chi connectivity index (χ1n) is 6.93. The van der Waals surface area contributed by atoms with E-state index < -0.39 is 0 Å². The second kappa shape index (κ2) is 7.52. The maximum atomic E-state index is 13.0. The van der Waals surface area contributed by atoms with Crippen LogP contribution in [0.1, 0.15) is 45.1 Å². The largest absolute Gasteiger partial charge is 0.319 e. The quantitative estimate of drug-likeness (QED) is 0.765. The number of hydrogen-bond acceptors (Lipinski definition) is 1. The van der Waals surface area contributed by atoms with E-state index in [0.29, 0.717) is 11.8 Å². The number of halogens is 1. The van der Waals surface area contributed by atoms with Gasteiger partial charge >= 0.3 is 0 Å². The molecule has 0 aromatic heterocycles. The Kier molecular flexibility index (Phi) is 6.34. The Labute approximate surface area is 111 Å². The van der Waals surface area contributed by atoms with Gasteiger partial charge in [-0.1, -0.05) is 32.9 Å². The van der Waals surface area contributed by atoms with Gasteiger partial charge in [0.05, 0.1) is 0 Å². The van der Waals surface area contributed by atoms with Crippen molar-refractivity contribution in [3.05, 3.63) is 35.6 Å². The fourth-order valence-corrected chi connectivity index (χ4v) is 2.71. The third kappa shape index (κ3) is 5.18. The van der Waals surface area contributed by atoms with Crippen LogP contribution in [0.2, 0.25) is 0 Å². The molecule has 0 aliphatic heterocycles. The highest BCUT2D eigenvalue weighted by Crippen LogP contribution is 2.26. The molecule has 2 unspecified atom stereocenters. The van der Waals surface area contributed by atoms with E-state index in [9.17, 15) is 4.39 Å². The van der Waals surface area contributed by atoms with Gasteiger partial charge in [-0.05, 0) is 55.3 Å². The van der Waals surface area contributed by atoms with Crippen molar-refractivity contribution in [3.63, 3.8) is 0 Å². The van der Waals surface area contributed by atoms with Crippen molar-refractivity contribution in [2.24, 2.45) is 11.8 Å². The van der Waals surface area contributed by atoms with Gasteiger partial charge in [0.1, 0.15) is 5.82 Å². The molecule has 0 saturated heterocycles. The highest BCUT2D eigenvalue weighted by Gasteiger charge is 2.15. The van der Waals surface area contributed by atoms with Crippen LogP contribution in [0, 0.1) is 17.7 Å². The standard InChI is InChI=1S/C16H26FN/c1-12(2)9-13(3)10-15(11-18-4)14-5-7-16(17)8-6-14/h5-8,12-13,15,18H,9-11H2,1-4H3. The highest BCUT2D eigenvalue weighted by atomic mass is 19.1. The summed E-state index contributed by atoms with van der Waals surface area (Å²) in [4.78, 5) is 0. The number of likely N-dealkylation sites (N-methyl/N-ethyl adjacent to an activating group) is 1. The minimum absolute atomic E-state index is 0.155. The Morgan fingerprint density at radius 1 is 1.06 bits per heavy atom. The van der Waals surface area contributed by atoms with Crippen LogP contribution in [0.5, 0.6) is 0 Å². The van der Waals surface area contributed by atoms with Crippen LogP contribution in [0.3, 0.4) is 0 Å². The van der Waals surface area contributed by atoms with Crippen LogP contribution in [0.4, 0.5) is 4.39 Å². The van der Waals surface area contributed by atoms with Crippen molar-refractivity contribution in [3.8, 4) is 0 Å². The minimum Gasteiger partial charge on any atom is -0.319 e. The lowest BCUT2D eigenvalue weighted by molar-refractivity contribution is 0.380. The van der Waals surface area contributed by atoms with Gasteiger partial charge in [0.25, 0.3) is 0 Å². The first kappa shape index (κ1) is 15.2. The van der Waals surface area contributed by atoms with Crippen LogP contribution in [0.15, 0.2) is 24.3 Å². The average Bonchev–Trinajstić information content (AvgIpc) is 2.28. The summed E-state index contributed by atoms with van der Waals surface area (Å²) >= 11 is 0. The monoisotopic (exact) mass is 251 g/mol. The normalized spacial score (nSPS) is 14.8. The zero-order valence-corrected chi connectivity index (χ0v) is 12.0. The SMILES string of the molecule is CNCC(CC(C)CC(C)C)c1ccc(F)cc1. The summed E-state index contributed by atoms with van der Waals surface area (Å²) in [5.74, 6) is 1.76. The van der Waals surface area contributed by atoms with Crippen molar-refractivity contribution >= 4 is 0 Å². The Bertz CT molecular complexity index is 331. The zero-order chi connectivity index (χ0) is 13.5. The van der Waals surface area contributed by atoms with Gasteiger partial charge in [-0.15, -0.1) is 0 Å². The molecule has 1 rings (SSSR count). The van der Waals surface area contributed by atoms with E-state index in [4.69, 9.17) is 0 Å². The predicted octanol–water partition coefficient (Wildman–Crippen LogP) is 4.20. The highest BCUT2D eigenvalue weighted by molar-refractivity contribution is 5.21. The fourth-order valence-electron chi connectivity index (χ4n) is 2.71. The van der Waals surface area contributed by atoms with Gasteiger partial charge < -0.3 is 5.32 Å². The van der Waals surface area contributed by atoms with Crippen LogP contribution >= 0.6 is 0 Å². The van der Waals surface area contributed by atoms with Crippen LogP contribution in [-0.2, 0) is 0 Å². The molecular weight excluding hydrogens is 225 g/mol. The summed E-state index contributed by atoms with van der Waals surface area (Å²) in [6.45, 7) is 7.79.